The number of benzene rings is 2. The predicted molar refractivity (Wildman–Crippen MR) is 99.2 cm³/mol. The number of rotatable bonds is 5. The van der Waals surface area contributed by atoms with Crippen LogP contribution in [0.25, 0.3) is 0 Å². The lowest BCUT2D eigenvalue weighted by atomic mass is 9.76. The zero-order chi connectivity index (χ0) is 19.3. The highest BCUT2D eigenvalue weighted by atomic mass is 16.6. The first-order chi connectivity index (χ1) is 13.0. The van der Waals surface area contributed by atoms with Gasteiger partial charge in [-0.1, -0.05) is 60.7 Å². The number of nitrogens with zero attached hydrogens (tertiary/aromatic N) is 1. The normalized spacial score (nSPS) is 17.1. The third kappa shape index (κ3) is 4.46. The number of piperidine rings is 1. The van der Waals surface area contributed by atoms with E-state index in [1.807, 2.05) is 30.3 Å². The molecule has 2 N–H and O–H groups in total. The molecule has 6 nitrogen and oxygen atoms in total. The summed E-state index contributed by atoms with van der Waals surface area (Å²) in [6, 6.07) is 18.1. The molecule has 0 radical (unpaired) electrons. The van der Waals surface area contributed by atoms with Crippen LogP contribution in [0.3, 0.4) is 0 Å². The van der Waals surface area contributed by atoms with E-state index in [4.69, 9.17) is 4.74 Å². The molecule has 27 heavy (non-hydrogen) atoms. The number of amides is 1. The fourth-order valence-electron chi connectivity index (χ4n) is 3.50. The molecule has 0 aromatic heterocycles. The Labute approximate surface area is 158 Å². The number of hydrogen-bond donors (Lipinski definition) is 2. The van der Waals surface area contributed by atoms with Crippen molar-refractivity contribution in [1.82, 2.24) is 4.90 Å². The topological polar surface area (TPSA) is 87.1 Å². The SMILES string of the molecule is O=C(O)C(c1ccccc1)C1(O)CCN(C(=O)OCc2ccccc2)CC1. The smallest absolute Gasteiger partial charge is 0.410 e. The Morgan fingerprint density at radius 3 is 2.11 bits per heavy atom. The number of carbonyl (C=O) groups is 2. The zero-order valence-corrected chi connectivity index (χ0v) is 15.0. The molecule has 1 fully saturated rings. The second-order valence-corrected chi connectivity index (χ2v) is 6.81. The van der Waals surface area contributed by atoms with Gasteiger partial charge in [-0.25, -0.2) is 4.79 Å². The van der Waals surface area contributed by atoms with Crippen LogP contribution in [0.1, 0.15) is 29.9 Å². The van der Waals surface area contributed by atoms with Crippen LogP contribution in [0.4, 0.5) is 4.79 Å². The summed E-state index contributed by atoms with van der Waals surface area (Å²) in [5, 5.41) is 20.7. The van der Waals surface area contributed by atoms with E-state index in [-0.39, 0.29) is 32.5 Å². The van der Waals surface area contributed by atoms with Gasteiger partial charge in [-0.2, -0.15) is 0 Å². The molecule has 1 unspecified atom stereocenters. The highest BCUT2D eigenvalue weighted by molar-refractivity contribution is 5.78. The number of hydrogen-bond acceptors (Lipinski definition) is 4. The number of aliphatic carboxylic acids is 1. The molecule has 1 amide bonds. The molecule has 0 spiro atoms. The van der Waals surface area contributed by atoms with Crippen molar-refractivity contribution in [3.05, 3.63) is 71.8 Å². The van der Waals surface area contributed by atoms with Gasteiger partial charge in [0.1, 0.15) is 12.5 Å². The first kappa shape index (κ1) is 18.9. The molecule has 1 heterocycles. The van der Waals surface area contributed by atoms with Crippen molar-refractivity contribution >= 4 is 12.1 Å². The average molecular weight is 369 g/mol. The molecule has 3 rings (SSSR count). The van der Waals surface area contributed by atoms with Crippen LogP contribution in [-0.2, 0) is 16.1 Å². The summed E-state index contributed by atoms with van der Waals surface area (Å²) >= 11 is 0. The summed E-state index contributed by atoms with van der Waals surface area (Å²) in [5.41, 5.74) is 0.0608. The van der Waals surface area contributed by atoms with Gasteiger partial charge >= 0.3 is 12.1 Å². The van der Waals surface area contributed by atoms with E-state index >= 15 is 0 Å². The maximum absolute atomic E-state index is 12.3. The molecule has 1 aliphatic heterocycles. The third-order valence-corrected chi connectivity index (χ3v) is 5.01. The van der Waals surface area contributed by atoms with Crippen molar-refractivity contribution in [2.45, 2.75) is 31.0 Å². The van der Waals surface area contributed by atoms with Crippen molar-refractivity contribution < 1.29 is 24.5 Å². The molecule has 2 aromatic carbocycles. The van der Waals surface area contributed by atoms with Gasteiger partial charge in [0.25, 0.3) is 0 Å². The summed E-state index contributed by atoms with van der Waals surface area (Å²) in [4.78, 5) is 25.6. The van der Waals surface area contributed by atoms with Crippen LogP contribution < -0.4 is 0 Å². The van der Waals surface area contributed by atoms with Crippen molar-refractivity contribution in [3.8, 4) is 0 Å². The van der Waals surface area contributed by atoms with Gasteiger partial charge in [-0.05, 0) is 24.0 Å². The number of aliphatic hydroxyl groups is 1. The Bertz CT molecular complexity index is 770. The molecule has 142 valence electrons. The Morgan fingerprint density at radius 1 is 1.00 bits per heavy atom. The quantitative estimate of drug-likeness (QED) is 0.846. The molecule has 0 aliphatic carbocycles. The van der Waals surface area contributed by atoms with Crippen molar-refractivity contribution in [2.24, 2.45) is 0 Å². The van der Waals surface area contributed by atoms with Crippen LogP contribution in [0.2, 0.25) is 0 Å². The number of carboxylic acid groups (broad SMARTS) is 1. The van der Waals surface area contributed by atoms with Crippen LogP contribution >= 0.6 is 0 Å². The Morgan fingerprint density at radius 2 is 1.56 bits per heavy atom. The minimum Gasteiger partial charge on any atom is -0.481 e. The van der Waals surface area contributed by atoms with Crippen LogP contribution in [0.5, 0.6) is 0 Å². The van der Waals surface area contributed by atoms with E-state index in [1.54, 1.807) is 30.3 Å². The first-order valence-corrected chi connectivity index (χ1v) is 8.95. The van der Waals surface area contributed by atoms with E-state index in [2.05, 4.69) is 0 Å². The fourth-order valence-corrected chi connectivity index (χ4v) is 3.50. The first-order valence-electron chi connectivity index (χ1n) is 8.95. The molecular formula is C21H23NO5. The standard InChI is InChI=1S/C21H23NO5/c23-19(24)18(17-9-5-2-6-10-17)21(26)11-13-22(14-12-21)20(25)27-15-16-7-3-1-4-8-16/h1-10,18,26H,11-15H2,(H,23,24). The highest BCUT2D eigenvalue weighted by Gasteiger charge is 2.45. The van der Waals surface area contributed by atoms with Crippen molar-refractivity contribution in [3.63, 3.8) is 0 Å². The van der Waals surface area contributed by atoms with Gasteiger partial charge in [0.2, 0.25) is 0 Å². The maximum atomic E-state index is 12.3. The van der Waals surface area contributed by atoms with Gasteiger partial charge in [0.15, 0.2) is 0 Å². The van der Waals surface area contributed by atoms with Crippen LogP contribution in [-0.4, -0.2) is 45.9 Å². The van der Waals surface area contributed by atoms with Gasteiger partial charge in [0, 0.05) is 13.1 Å². The Balaban J connectivity index is 1.61. The van der Waals surface area contributed by atoms with Crippen LogP contribution in [0.15, 0.2) is 60.7 Å². The lowest BCUT2D eigenvalue weighted by Crippen LogP contribution is -2.51. The molecule has 1 saturated heterocycles. The molecule has 6 heteroatoms. The Kier molecular flexibility index (Phi) is 5.76. The number of likely N-dealkylation sites (tertiary alicyclic amines) is 1. The second-order valence-electron chi connectivity index (χ2n) is 6.81. The molecule has 1 aliphatic rings. The van der Waals surface area contributed by atoms with E-state index in [0.29, 0.717) is 5.56 Å². The number of carbonyl (C=O) groups excluding carboxylic acids is 1. The second kappa shape index (κ2) is 8.22. The summed E-state index contributed by atoms with van der Waals surface area (Å²) in [5.74, 6) is -2.09. The average Bonchev–Trinajstić information content (AvgIpc) is 2.68. The summed E-state index contributed by atoms with van der Waals surface area (Å²) in [7, 11) is 0. The predicted octanol–water partition coefficient (Wildman–Crippen LogP) is 3.02. The Hall–Kier alpha value is -2.86. The molecule has 0 bridgehead atoms. The minimum atomic E-state index is -1.40. The largest absolute Gasteiger partial charge is 0.481 e. The lowest BCUT2D eigenvalue weighted by Gasteiger charge is -2.41. The van der Waals surface area contributed by atoms with Gasteiger partial charge in [-0.15, -0.1) is 0 Å². The van der Waals surface area contributed by atoms with Gasteiger partial charge in [-0.3, -0.25) is 4.79 Å². The summed E-state index contributed by atoms with van der Waals surface area (Å²) in [6.45, 7) is 0.684. The van der Waals surface area contributed by atoms with Crippen LogP contribution in [0, 0.1) is 0 Å². The third-order valence-electron chi connectivity index (χ3n) is 5.01. The van der Waals surface area contributed by atoms with Gasteiger partial charge in [0.05, 0.1) is 5.60 Å². The molecular weight excluding hydrogens is 346 g/mol. The number of carboxylic acids is 1. The highest BCUT2D eigenvalue weighted by Crippen LogP contribution is 2.37. The zero-order valence-electron chi connectivity index (χ0n) is 15.0. The van der Waals surface area contributed by atoms with Gasteiger partial charge < -0.3 is 19.8 Å². The fraction of sp³-hybridized carbons (Fsp3) is 0.333. The van der Waals surface area contributed by atoms with E-state index < -0.39 is 23.6 Å². The number of ether oxygens (including phenoxy) is 1. The maximum Gasteiger partial charge on any atom is 0.410 e. The lowest BCUT2D eigenvalue weighted by molar-refractivity contribution is -0.148. The van der Waals surface area contributed by atoms with E-state index in [9.17, 15) is 19.8 Å². The van der Waals surface area contributed by atoms with E-state index in [1.165, 1.54) is 4.90 Å². The van der Waals surface area contributed by atoms with E-state index in [0.717, 1.165) is 5.56 Å². The monoisotopic (exact) mass is 369 g/mol. The molecule has 0 saturated carbocycles. The minimum absolute atomic E-state index is 0.180. The molecule has 2 aromatic rings. The van der Waals surface area contributed by atoms with Crippen molar-refractivity contribution in [1.29, 1.82) is 0 Å². The molecule has 1 atom stereocenters. The summed E-state index contributed by atoms with van der Waals surface area (Å²) in [6.07, 6.45) is -0.0917. The summed E-state index contributed by atoms with van der Waals surface area (Å²) < 4.78 is 5.32. The van der Waals surface area contributed by atoms with Crippen molar-refractivity contribution in [2.75, 3.05) is 13.1 Å².